The van der Waals surface area contributed by atoms with Gasteiger partial charge >= 0.3 is 0 Å². The maximum atomic E-state index is 9.33. The molecule has 3 nitrogen and oxygen atoms in total. The molecular weight excluding hydrogens is 464 g/mol. The fraction of sp³-hybridized carbons (Fsp3) is 0.114. The Labute approximate surface area is 221 Å². The highest BCUT2D eigenvalue weighted by Gasteiger charge is 2.12. The van der Waals surface area contributed by atoms with Crippen LogP contribution in [0.5, 0.6) is 5.75 Å². The van der Waals surface area contributed by atoms with Crippen molar-refractivity contribution in [3.05, 3.63) is 115 Å². The molecule has 0 fully saturated rings. The molecule has 0 atom stereocenters. The van der Waals surface area contributed by atoms with Crippen LogP contribution in [0.1, 0.15) is 18.4 Å². The molecule has 0 bridgehead atoms. The minimum atomic E-state index is 0.658. The Kier molecular flexibility index (Phi) is 5.45. The number of unbranched alkanes of at least 4 members (excludes halogenated alkanes) is 1. The van der Waals surface area contributed by atoms with Crippen molar-refractivity contribution in [3.8, 4) is 11.8 Å². The highest BCUT2D eigenvalue weighted by Crippen LogP contribution is 2.37. The number of hydrogen-bond donors (Lipinski definition) is 0. The molecule has 6 aromatic carbocycles. The van der Waals surface area contributed by atoms with E-state index in [1.54, 1.807) is 0 Å². The summed E-state index contributed by atoms with van der Waals surface area (Å²) in [6.45, 7) is 1.62. The van der Waals surface area contributed by atoms with Crippen LogP contribution in [0.3, 0.4) is 0 Å². The lowest BCUT2D eigenvalue weighted by atomic mass is 9.97. The van der Waals surface area contributed by atoms with Crippen molar-refractivity contribution in [2.24, 2.45) is 0 Å². The molecule has 0 aliphatic heterocycles. The summed E-state index contributed by atoms with van der Waals surface area (Å²) in [5, 5.41) is 18.7. The Morgan fingerprint density at radius 1 is 0.579 bits per heavy atom. The molecule has 1 aromatic heterocycles. The van der Waals surface area contributed by atoms with Crippen molar-refractivity contribution >= 4 is 54.1 Å². The van der Waals surface area contributed by atoms with Gasteiger partial charge in [0.2, 0.25) is 0 Å². The van der Waals surface area contributed by atoms with Crippen LogP contribution in [0, 0.1) is 11.3 Å². The third kappa shape index (κ3) is 3.74. The van der Waals surface area contributed by atoms with Gasteiger partial charge in [-0.25, -0.2) is 0 Å². The van der Waals surface area contributed by atoms with Gasteiger partial charge in [-0.1, -0.05) is 66.7 Å². The van der Waals surface area contributed by atoms with Crippen molar-refractivity contribution in [1.29, 1.82) is 5.26 Å². The predicted octanol–water partition coefficient (Wildman–Crippen LogP) is 8.98. The second kappa shape index (κ2) is 9.25. The van der Waals surface area contributed by atoms with Gasteiger partial charge in [-0.3, -0.25) is 0 Å². The third-order valence-electron chi connectivity index (χ3n) is 7.60. The Morgan fingerprint density at radius 3 is 2.03 bits per heavy atom. The van der Waals surface area contributed by atoms with Crippen LogP contribution in [0.15, 0.2) is 109 Å². The minimum absolute atomic E-state index is 0.658. The van der Waals surface area contributed by atoms with Gasteiger partial charge in [-0.05, 0) is 76.9 Å². The summed E-state index contributed by atoms with van der Waals surface area (Å²) in [6.07, 6.45) is 2.00. The number of para-hydroxylation sites is 2. The molecule has 0 saturated carbocycles. The summed E-state index contributed by atoms with van der Waals surface area (Å²) in [4.78, 5) is 0. The zero-order valence-corrected chi connectivity index (χ0v) is 21.0. The number of aromatic nitrogens is 1. The molecule has 0 saturated heterocycles. The molecule has 0 spiro atoms. The summed E-state index contributed by atoms with van der Waals surface area (Å²) in [5.74, 6) is 0.946. The summed E-state index contributed by atoms with van der Waals surface area (Å²) in [7, 11) is 0. The monoisotopic (exact) mass is 490 g/mol. The minimum Gasteiger partial charge on any atom is -0.492 e. The number of aryl methyl sites for hydroxylation is 1. The highest BCUT2D eigenvalue weighted by atomic mass is 16.5. The molecule has 0 aliphatic rings. The molecule has 1 heterocycles. The first-order chi connectivity index (χ1) is 18.8. The molecule has 0 N–H and O–H groups in total. The molecule has 0 aliphatic carbocycles. The maximum absolute atomic E-state index is 9.33. The number of fused-ring (bicyclic) bond motifs is 6. The number of nitriles is 1. The van der Waals surface area contributed by atoms with Crippen molar-refractivity contribution < 1.29 is 4.74 Å². The fourth-order valence-corrected chi connectivity index (χ4v) is 5.79. The maximum Gasteiger partial charge on any atom is 0.134 e. The summed E-state index contributed by atoms with van der Waals surface area (Å²) in [5.41, 5.74) is 3.26. The van der Waals surface area contributed by atoms with Crippen LogP contribution in [0.2, 0.25) is 0 Å². The molecule has 3 heteroatoms. The number of rotatable bonds is 6. The Bertz CT molecular complexity index is 1970. The first-order valence-electron chi connectivity index (χ1n) is 13.2. The summed E-state index contributed by atoms with van der Waals surface area (Å²) < 4.78 is 9.00. The first-order valence-corrected chi connectivity index (χ1v) is 13.2. The van der Waals surface area contributed by atoms with Crippen LogP contribution in [0.25, 0.3) is 54.1 Å². The fourth-order valence-electron chi connectivity index (χ4n) is 5.79. The molecule has 38 heavy (non-hydrogen) atoms. The standard InChI is InChI=1S/C35H26N2O/c36-23-24-15-16-25-22-32-28(21-27(25)19-24)20-26-9-1-2-10-29(26)35(32)38-18-8-7-17-37-33-13-5-3-11-30(33)31-12-4-6-14-34(31)37/h1-6,9-16,19-22H,7-8,17-18H2. The van der Waals surface area contributed by atoms with E-state index in [0.717, 1.165) is 57.5 Å². The summed E-state index contributed by atoms with van der Waals surface area (Å²) >= 11 is 0. The second-order valence-corrected chi connectivity index (χ2v) is 9.92. The first kappa shape index (κ1) is 22.4. The quantitative estimate of drug-likeness (QED) is 0.172. The van der Waals surface area contributed by atoms with Gasteiger partial charge in [-0.2, -0.15) is 5.26 Å². The third-order valence-corrected chi connectivity index (χ3v) is 7.60. The van der Waals surface area contributed by atoms with Crippen LogP contribution in [-0.4, -0.2) is 11.2 Å². The topological polar surface area (TPSA) is 37.9 Å². The predicted molar refractivity (Wildman–Crippen MR) is 158 cm³/mol. The van der Waals surface area contributed by atoms with Gasteiger partial charge in [0.05, 0.1) is 18.2 Å². The molecule has 0 radical (unpaired) electrons. The number of benzene rings is 6. The van der Waals surface area contributed by atoms with E-state index >= 15 is 0 Å². The molecule has 7 aromatic rings. The van der Waals surface area contributed by atoms with Gasteiger partial charge in [0, 0.05) is 39.1 Å². The van der Waals surface area contributed by atoms with Crippen LogP contribution in [-0.2, 0) is 6.54 Å². The Hall–Kier alpha value is -4.81. The van der Waals surface area contributed by atoms with Gasteiger partial charge in [0.15, 0.2) is 0 Å². The average Bonchev–Trinajstić information content (AvgIpc) is 3.29. The smallest absolute Gasteiger partial charge is 0.134 e. The number of ether oxygens (including phenoxy) is 1. The molecule has 0 amide bonds. The lowest BCUT2D eigenvalue weighted by Gasteiger charge is -2.15. The van der Waals surface area contributed by atoms with E-state index in [4.69, 9.17) is 4.74 Å². The van der Waals surface area contributed by atoms with Crippen molar-refractivity contribution in [3.63, 3.8) is 0 Å². The summed E-state index contributed by atoms with van der Waals surface area (Å²) in [6, 6.07) is 40.5. The van der Waals surface area contributed by atoms with E-state index in [-0.39, 0.29) is 0 Å². The lowest BCUT2D eigenvalue weighted by Crippen LogP contribution is -2.03. The van der Waals surface area contributed by atoms with Gasteiger partial charge in [0.1, 0.15) is 5.75 Å². The van der Waals surface area contributed by atoms with Crippen LogP contribution in [0.4, 0.5) is 0 Å². The van der Waals surface area contributed by atoms with E-state index in [1.165, 1.54) is 21.8 Å². The molecule has 0 unspecified atom stereocenters. The number of nitrogens with zero attached hydrogens (tertiary/aromatic N) is 2. The van der Waals surface area contributed by atoms with E-state index < -0.39 is 0 Å². The van der Waals surface area contributed by atoms with Crippen LogP contribution >= 0.6 is 0 Å². The van der Waals surface area contributed by atoms with Gasteiger partial charge in [0.25, 0.3) is 0 Å². The van der Waals surface area contributed by atoms with E-state index in [0.29, 0.717) is 12.2 Å². The SMILES string of the molecule is N#Cc1ccc2cc3c(OCCCCn4c5ccccc5c5ccccc54)c4ccccc4cc3cc2c1. The Morgan fingerprint density at radius 2 is 1.26 bits per heavy atom. The van der Waals surface area contributed by atoms with Gasteiger partial charge in [-0.15, -0.1) is 0 Å². The Balaban J connectivity index is 1.17. The van der Waals surface area contributed by atoms with Crippen molar-refractivity contribution in [2.75, 3.05) is 6.61 Å². The molecule has 182 valence electrons. The van der Waals surface area contributed by atoms with Crippen molar-refractivity contribution in [2.45, 2.75) is 19.4 Å². The van der Waals surface area contributed by atoms with Crippen LogP contribution < -0.4 is 4.74 Å². The average molecular weight is 491 g/mol. The zero-order valence-electron chi connectivity index (χ0n) is 21.0. The van der Waals surface area contributed by atoms with E-state index in [1.807, 2.05) is 18.2 Å². The normalized spacial score (nSPS) is 11.6. The van der Waals surface area contributed by atoms with Crippen molar-refractivity contribution in [1.82, 2.24) is 4.57 Å². The zero-order chi connectivity index (χ0) is 25.5. The largest absolute Gasteiger partial charge is 0.492 e. The van der Waals surface area contributed by atoms with E-state index in [9.17, 15) is 5.26 Å². The molecule has 7 rings (SSSR count). The second-order valence-electron chi connectivity index (χ2n) is 9.92. The van der Waals surface area contributed by atoms with Gasteiger partial charge < -0.3 is 9.30 Å². The molecular formula is C35H26N2O. The lowest BCUT2D eigenvalue weighted by molar-refractivity contribution is 0.310. The number of hydrogen-bond acceptors (Lipinski definition) is 2. The highest BCUT2D eigenvalue weighted by molar-refractivity contribution is 6.10. The van der Waals surface area contributed by atoms with E-state index in [2.05, 4.69) is 102 Å².